The van der Waals surface area contributed by atoms with Crippen molar-refractivity contribution in [2.45, 2.75) is 19.9 Å². The first-order chi connectivity index (χ1) is 8.63. The third kappa shape index (κ3) is 2.44. The van der Waals surface area contributed by atoms with Crippen molar-refractivity contribution in [3.8, 4) is 11.1 Å². The molecule has 0 amide bonds. The second-order valence-corrected chi connectivity index (χ2v) is 4.56. The van der Waals surface area contributed by atoms with Crippen LogP contribution in [0.15, 0.2) is 42.5 Å². The van der Waals surface area contributed by atoms with Crippen LogP contribution >= 0.6 is 0 Å². The van der Waals surface area contributed by atoms with E-state index >= 15 is 0 Å². The van der Waals surface area contributed by atoms with Gasteiger partial charge in [-0.05, 0) is 55.3 Å². The van der Waals surface area contributed by atoms with E-state index in [0.717, 1.165) is 11.1 Å². The van der Waals surface area contributed by atoms with Crippen molar-refractivity contribution in [2.75, 3.05) is 7.05 Å². The van der Waals surface area contributed by atoms with Crippen LogP contribution in [0.2, 0.25) is 0 Å². The van der Waals surface area contributed by atoms with Crippen molar-refractivity contribution in [3.05, 3.63) is 59.4 Å². The fraction of sp³-hybridized carbons (Fsp3) is 0.250. The zero-order chi connectivity index (χ0) is 13.1. The number of nitrogens with one attached hydrogen (secondary N) is 1. The summed E-state index contributed by atoms with van der Waals surface area (Å²) in [6.07, 6.45) is 0. The van der Waals surface area contributed by atoms with Crippen molar-refractivity contribution in [3.63, 3.8) is 0 Å². The minimum atomic E-state index is -0.155. The number of hydrogen-bond acceptors (Lipinski definition) is 1. The third-order valence-electron chi connectivity index (χ3n) is 3.33. The van der Waals surface area contributed by atoms with E-state index in [-0.39, 0.29) is 11.9 Å². The van der Waals surface area contributed by atoms with Crippen LogP contribution in [0.1, 0.15) is 24.1 Å². The van der Waals surface area contributed by atoms with Crippen LogP contribution in [0.5, 0.6) is 0 Å². The normalized spacial score (nSPS) is 12.4. The zero-order valence-corrected chi connectivity index (χ0v) is 11.0. The maximum absolute atomic E-state index is 13.3. The molecule has 0 aliphatic carbocycles. The molecule has 0 saturated carbocycles. The lowest BCUT2D eigenvalue weighted by Gasteiger charge is -2.16. The van der Waals surface area contributed by atoms with Crippen molar-refractivity contribution >= 4 is 0 Å². The number of hydrogen-bond donors (Lipinski definition) is 1. The van der Waals surface area contributed by atoms with Gasteiger partial charge in [-0.3, -0.25) is 0 Å². The van der Waals surface area contributed by atoms with Crippen LogP contribution in [0.4, 0.5) is 4.39 Å². The SMILES string of the molecule is CNC(C)c1ccccc1-c1ccc(F)c(C)c1. The van der Waals surface area contributed by atoms with Crippen LogP contribution in [0.25, 0.3) is 11.1 Å². The number of halogens is 1. The highest BCUT2D eigenvalue weighted by molar-refractivity contribution is 5.68. The van der Waals surface area contributed by atoms with Gasteiger partial charge >= 0.3 is 0 Å². The average Bonchev–Trinajstić information content (AvgIpc) is 2.41. The summed E-state index contributed by atoms with van der Waals surface area (Å²) in [6, 6.07) is 13.8. The Labute approximate surface area is 108 Å². The summed E-state index contributed by atoms with van der Waals surface area (Å²) in [5, 5.41) is 3.24. The molecule has 0 radical (unpaired) electrons. The summed E-state index contributed by atoms with van der Waals surface area (Å²) in [7, 11) is 1.94. The summed E-state index contributed by atoms with van der Waals surface area (Å²) in [4.78, 5) is 0. The molecule has 0 aromatic heterocycles. The molecule has 1 atom stereocenters. The maximum Gasteiger partial charge on any atom is 0.126 e. The van der Waals surface area contributed by atoms with E-state index in [1.54, 1.807) is 6.92 Å². The van der Waals surface area contributed by atoms with Crippen molar-refractivity contribution in [1.29, 1.82) is 0 Å². The van der Waals surface area contributed by atoms with Gasteiger partial charge in [0, 0.05) is 6.04 Å². The molecule has 0 heterocycles. The Balaban J connectivity index is 2.53. The van der Waals surface area contributed by atoms with E-state index in [1.807, 2.05) is 31.3 Å². The lowest BCUT2D eigenvalue weighted by molar-refractivity contribution is 0.618. The number of rotatable bonds is 3. The van der Waals surface area contributed by atoms with Crippen molar-refractivity contribution in [2.24, 2.45) is 0 Å². The Hall–Kier alpha value is -1.67. The third-order valence-corrected chi connectivity index (χ3v) is 3.33. The fourth-order valence-electron chi connectivity index (χ4n) is 2.11. The molecule has 2 aromatic rings. The Morgan fingerprint density at radius 1 is 1.11 bits per heavy atom. The molecule has 2 aromatic carbocycles. The predicted octanol–water partition coefficient (Wildman–Crippen LogP) is 4.08. The molecule has 2 rings (SSSR count). The van der Waals surface area contributed by atoms with Crippen molar-refractivity contribution in [1.82, 2.24) is 5.32 Å². The first kappa shape index (κ1) is 12.8. The van der Waals surface area contributed by atoms with Crippen LogP contribution in [0, 0.1) is 12.7 Å². The van der Waals surface area contributed by atoms with Gasteiger partial charge in [0.1, 0.15) is 5.82 Å². The lowest BCUT2D eigenvalue weighted by Crippen LogP contribution is -2.13. The highest BCUT2D eigenvalue weighted by Gasteiger charge is 2.10. The number of aryl methyl sites for hydroxylation is 1. The quantitative estimate of drug-likeness (QED) is 0.856. The van der Waals surface area contributed by atoms with E-state index in [1.165, 1.54) is 11.6 Å². The molecule has 1 nitrogen and oxygen atoms in total. The Morgan fingerprint density at radius 3 is 2.50 bits per heavy atom. The van der Waals surface area contributed by atoms with E-state index in [4.69, 9.17) is 0 Å². The van der Waals surface area contributed by atoms with E-state index in [9.17, 15) is 4.39 Å². The van der Waals surface area contributed by atoms with Crippen LogP contribution in [0.3, 0.4) is 0 Å². The largest absolute Gasteiger partial charge is 0.313 e. The van der Waals surface area contributed by atoms with Crippen LogP contribution in [-0.4, -0.2) is 7.05 Å². The minimum absolute atomic E-state index is 0.155. The molecule has 0 fully saturated rings. The van der Waals surface area contributed by atoms with Gasteiger partial charge in [-0.2, -0.15) is 0 Å². The maximum atomic E-state index is 13.3. The van der Waals surface area contributed by atoms with Gasteiger partial charge in [0.05, 0.1) is 0 Å². The molecule has 0 saturated heterocycles. The topological polar surface area (TPSA) is 12.0 Å². The average molecular weight is 243 g/mol. The van der Waals surface area contributed by atoms with E-state index < -0.39 is 0 Å². The first-order valence-corrected chi connectivity index (χ1v) is 6.16. The molecule has 0 bridgehead atoms. The molecule has 0 aliphatic heterocycles. The smallest absolute Gasteiger partial charge is 0.126 e. The van der Waals surface area contributed by atoms with Gasteiger partial charge in [0.15, 0.2) is 0 Å². The van der Waals surface area contributed by atoms with Crippen molar-refractivity contribution < 1.29 is 4.39 Å². The molecule has 94 valence electrons. The summed E-state index contributed by atoms with van der Waals surface area (Å²) in [5.74, 6) is -0.155. The standard InChI is InChI=1S/C16H18FN/c1-11-10-13(8-9-16(11)17)15-7-5-4-6-14(15)12(2)18-3/h4-10,12,18H,1-3H3. The van der Waals surface area contributed by atoms with Gasteiger partial charge in [-0.25, -0.2) is 4.39 Å². The second-order valence-electron chi connectivity index (χ2n) is 4.56. The molecule has 18 heavy (non-hydrogen) atoms. The second kappa shape index (κ2) is 5.32. The van der Waals surface area contributed by atoms with E-state index in [2.05, 4.69) is 24.4 Å². The fourth-order valence-corrected chi connectivity index (χ4v) is 2.11. The first-order valence-electron chi connectivity index (χ1n) is 6.16. The molecular weight excluding hydrogens is 225 g/mol. The van der Waals surface area contributed by atoms with Gasteiger partial charge in [0.25, 0.3) is 0 Å². The van der Waals surface area contributed by atoms with Gasteiger partial charge in [-0.1, -0.05) is 30.3 Å². The molecule has 1 unspecified atom stereocenters. The van der Waals surface area contributed by atoms with Crippen LogP contribution in [-0.2, 0) is 0 Å². The van der Waals surface area contributed by atoms with Gasteiger partial charge < -0.3 is 5.32 Å². The summed E-state index contributed by atoms with van der Waals surface area (Å²) >= 11 is 0. The van der Waals surface area contributed by atoms with E-state index in [0.29, 0.717) is 5.56 Å². The van der Waals surface area contributed by atoms with Gasteiger partial charge in [0.2, 0.25) is 0 Å². The van der Waals surface area contributed by atoms with Gasteiger partial charge in [-0.15, -0.1) is 0 Å². The predicted molar refractivity (Wildman–Crippen MR) is 74.0 cm³/mol. The summed E-state index contributed by atoms with van der Waals surface area (Å²) in [5.41, 5.74) is 4.12. The Morgan fingerprint density at radius 2 is 1.83 bits per heavy atom. The molecule has 2 heteroatoms. The Bertz CT molecular complexity index is 549. The Kier molecular flexibility index (Phi) is 3.78. The highest BCUT2D eigenvalue weighted by atomic mass is 19.1. The van der Waals surface area contributed by atoms with Crippen LogP contribution < -0.4 is 5.32 Å². The molecule has 1 N–H and O–H groups in total. The summed E-state index contributed by atoms with van der Waals surface area (Å²) < 4.78 is 13.3. The minimum Gasteiger partial charge on any atom is -0.313 e. The molecule has 0 aliphatic rings. The summed E-state index contributed by atoms with van der Waals surface area (Å²) in [6.45, 7) is 3.91. The zero-order valence-electron chi connectivity index (χ0n) is 11.0. The number of benzene rings is 2. The lowest BCUT2D eigenvalue weighted by atomic mass is 9.94. The molecule has 0 spiro atoms. The molecular formula is C16H18FN. The highest BCUT2D eigenvalue weighted by Crippen LogP contribution is 2.29. The monoisotopic (exact) mass is 243 g/mol.